The Morgan fingerprint density at radius 2 is 1.48 bits per heavy atom. The summed E-state index contributed by atoms with van der Waals surface area (Å²) in [6.07, 6.45) is 1.37. The number of para-hydroxylation sites is 1. The van der Waals surface area contributed by atoms with Gasteiger partial charge in [0.1, 0.15) is 23.0 Å². The van der Waals surface area contributed by atoms with Crippen LogP contribution in [0.3, 0.4) is 0 Å². The second-order valence-electron chi connectivity index (χ2n) is 4.38. The van der Waals surface area contributed by atoms with E-state index in [1.54, 1.807) is 18.2 Å². The lowest BCUT2D eigenvalue weighted by Gasteiger charge is -1.99. The molecule has 3 rings (SSSR count). The summed E-state index contributed by atoms with van der Waals surface area (Å²) < 4.78 is 40.4. The van der Waals surface area contributed by atoms with Gasteiger partial charge >= 0.3 is 0 Å². The van der Waals surface area contributed by atoms with Crippen LogP contribution in [0.15, 0.2) is 48.7 Å². The van der Waals surface area contributed by atoms with Gasteiger partial charge < -0.3 is 0 Å². The lowest BCUT2D eigenvalue weighted by atomic mass is 10.1. The Bertz CT molecular complexity index is 871. The van der Waals surface area contributed by atoms with Gasteiger partial charge in [-0.3, -0.25) is 4.98 Å². The standard InChI is InChI=1S/C17H8F3N/c18-14-4-2-5-15(19)13(14)8-7-11-9-12-3-1-6-16(20)17(12)21-10-11/h1-6,9-10H. The zero-order valence-corrected chi connectivity index (χ0v) is 10.7. The van der Waals surface area contributed by atoms with Crippen LogP contribution in [0.5, 0.6) is 0 Å². The lowest BCUT2D eigenvalue weighted by Crippen LogP contribution is -1.89. The minimum atomic E-state index is -0.720. The first kappa shape index (κ1) is 13.2. The van der Waals surface area contributed by atoms with Gasteiger partial charge in [0, 0.05) is 17.1 Å². The maximum Gasteiger partial charge on any atom is 0.149 e. The number of aromatic nitrogens is 1. The van der Waals surface area contributed by atoms with Crippen LogP contribution in [-0.4, -0.2) is 4.98 Å². The molecule has 3 aromatic rings. The molecule has 102 valence electrons. The van der Waals surface area contributed by atoms with Crippen LogP contribution in [0.25, 0.3) is 10.9 Å². The number of halogens is 3. The molecule has 0 bridgehead atoms. The summed E-state index contributed by atoms with van der Waals surface area (Å²) >= 11 is 0. The second-order valence-corrected chi connectivity index (χ2v) is 4.38. The zero-order valence-electron chi connectivity index (χ0n) is 10.7. The summed E-state index contributed by atoms with van der Waals surface area (Å²) in [6.45, 7) is 0. The van der Waals surface area contributed by atoms with Crippen molar-refractivity contribution in [1.82, 2.24) is 4.98 Å². The molecule has 0 N–H and O–H groups in total. The first-order valence-electron chi connectivity index (χ1n) is 6.15. The molecule has 0 amide bonds. The zero-order chi connectivity index (χ0) is 14.8. The van der Waals surface area contributed by atoms with Gasteiger partial charge in [0.25, 0.3) is 0 Å². The van der Waals surface area contributed by atoms with Crippen molar-refractivity contribution in [2.45, 2.75) is 0 Å². The van der Waals surface area contributed by atoms with Crippen molar-refractivity contribution in [3.05, 3.63) is 77.2 Å². The fourth-order valence-corrected chi connectivity index (χ4v) is 1.94. The third-order valence-corrected chi connectivity index (χ3v) is 2.96. The molecule has 0 aliphatic rings. The van der Waals surface area contributed by atoms with Crippen LogP contribution in [0.2, 0.25) is 0 Å². The molecule has 1 nitrogen and oxygen atoms in total. The van der Waals surface area contributed by atoms with Crippen molar-refractivity contribution >= 4 is 10.9 Å². The predicted molar refractivity (Wildman–Crippen MR) is 74.0 cm³/mol. The molecule has 1 heterocycles. The molecule has 0 radical (unpaired) electrons. The number of hydrogen-bond acceptors (Lipinski definition) is 1. The molecule has 0 saturated heterocycles. The Morgan fingerprint density at radius 3 is 2.24 bits per heavy atom. The lowest BCUT2D eigenvalue weighted by molar-refractivity contribution is 0.577. The predicted octanol–water partition coefficient (Wildman–Crippen LogP) is 4.05. The summed E-state index contributed by atoms with van der Waals surface area (Å²) in [7, 11) is 0. The van der Waals surface area contributed by atoms with Crippen LogP contribution < -0.4 is 0 Å². The SMILES string of the molecule is Fc1cccc(F)c1C#Cc1cnc2c(F)cccc2c1. The first-order chi connectivity index (χ1) is 10.1. The third-order valence-electron chi connectivity index (χ3n) is 2.96. The highest BCUT2D eigenvalue weighted by Crippen LogP contribution is 2.16. The number of pyridine rings is 1. The van der Waals surface area contributed by atoms with E-state index in [1.807, 2.05) is 0 Å². The Hall–Kier alpha value is -2.80. The normalized spacial score (nSPS) is 10.2. The quantitative estimate of drug-likeness (QED) is 0.567. The number of hydrogen-bond donors (Lipinski definition) is 0. The average Bonchev–Trinajstić information content (AvgIpc) is 2.47. The first-order valence-corrected chi connectivity index (χ1v) is 6.15. The molecule has 0 spiro atoms. The summed E-state index contributed by atoms with van der Waals surface area (Å²) in [6, 6.07) is 9.75. The number of rotatable bonds is 0. The minimum absolute atomic E-state index is 0.236. The highest BCUT2D eigenvalue weighted by molar-refractivity contribution is 5.80. The largest absolute Gasteiger partial charge is 0.252 e. The van der Waals surface area contributed by atoms with Gasteiger partial charge in [-0.05, 0) is 24.3 Å². The van der Waals surface area contributed by atoms with E-state index in [9.17, 15) is 13.2 Å². The van der Waals surface area contributed by atoms with E-state index in [4.69, 9.17) is 0 Å². The average molecular weight is 283 g/mol. The maximum atomic E-state index is 13.5. The van der Waals surface area contributed by atoms with Crippen molar-refractivity contribution in [2.75, 3.05) is 0 Å². The number of nitrogens with zero attached hydrogens (tertiary/aromatic N) is 1. The summed E-state index contributed by atoms with van der Waals surface area (Å²) in [5, 5.41) is 0.579. The van der Waals surface area contributed by atoms with Crippen LogP contribution >= 0.6 is 0 Å². The Kier molecular flexibility index (Phi) is 3.33. The van der Waals surface area contributed by atoms with E-state index in [-0.39, 0.29) is 11.1 Å². The van der Waals surface area contributed by atoms with E-state index in [2.05, 4.69) is 16.8 Å². The Morgan fingerprint density at radius 1 is 0.810 bits per heavy atom. The monoisotopic (exact) mass is 283 g/mol. The molecule has 0 saturated carbocycles. The molecule has 0 fully saturated rings. The Labute approximate surface area is 119 Å². The van der Waals surface area contributed by atoms with Gasteiger partial charge in [-0.15, -0.1) is 0 Å². The molecule has 4 heteroatoms. The van der Waals surface area contributed by atoms with Crippen LogP contribution in [0.4, 0.5) is 13.2 Å². The van der Waals surface area contributed by atoms with E-state index in [0.29, 0.717) is 10.9 Å². The molecular weight excluding hydrogens is 275 g/mol. The molecular formula is C17H8F3N. The van der Waals surface area contributed by atoms with Crippen molar-refractivity contribution in [2.24, 2.45) is 0 Å². The van der Waals surface area contributed by atoms with Gasteiger partial charge in [-0.25, -0.2) is 13.2 Å². The van der Waals surface area contributed by atoms with Gasteiger partial charge in [0.05, 0.1) is 5.56 Å². The van der Waals surface area contributed by atoms with E-state index in [1.165, 1.54) is 18.3 Å². The fraction of sp³-hybridized carbons (Fsp3) is 0. The summed E-state index contributed by atoms with van der Waals surface area (Å²) in [5.74, 6) is 3.22. The van der Waals surface area contributed by atoms with Gasteiger partial charge in [-0.2, -0.15) is 0 Å². The highest BCUT2D eigenvalue weighted by Gasteiger charge is 2.05. The third kappa shape index (κ3) is 2.59. The molecule has 0 unspecified atom stereocenters. The fourth-order valence-electron chi connectivity index (χ4n) is 1.94. The summed E-state index contributed by atoms with van der Waals surface area (Å²) in [4.78, 5) is 3.97. The topological polar surface area (TPSA) is 12.9 Å². The van der Waals surface area contributed by atoms with Crippen molar-refractivity contribution in [3.8, 4) is 11.8 Å². The van der Waals surface area contributed by atoms with E-state index in [0.717, 1.165) is 12.1 Å². The highest BCUT2D eigenvalue weighted by atomic mass is 19.1. The van der Waals surface area contributed by atoms with Crippen LogP contribution in [0.1, 0.15) is 11.1 Å². The van der Waals surface area contributed by atoms with Gasteiger partial charge in [0.15, 0.2) is 0 Å². The molecule has 0 aliphatic heterocycles. The maximum absolute atomic E-state index is 13.5. The molecule has 2 aromatic carbocycles. The minimum Gasteiger partial charge on any atom is -0.252 e. The van der Waals surface area contributed by atoms with Crippen molar-refractivity contribution in [1.29, 1.82) is 0 Å². The van der Waals surface area contributed by atoms with Gasteiger partial charge in [-0.1, -0.05) is 30.0 Å². The van der Waals surface area contributed by atoms with Crippen molar-refractivity contribution < 1.29 is 13.2 Å². The molecule has 1 aromatic heterocycles. The number of benzene rings is 2. The number of fused-ring (bicyclic) bond motifs is 1. The molecule has 0 atom stereocenters. The van der Waals surface area contributed by atoms with Gasteiger partial charge in [0.2, 0.25) is 0 Å². The van der Waals surface area contributed by atoms with Crippen LogP contribution in [-0.2, 0) is 0 Å². The Balaban J connectivity index is 2.05. The second kappa shape index (κ2) is 5.29. The summed E-state index contributed by atoms with van der Waals surface area (Å²) in [5.41, 5.74) is 0.396. The van der Waals surface area contributed by atoms with Crippen LogP contribution in [0, 0.1) is 29.3 Å². The van der Waals surface area contributed by atoms with E-state index >= 15 is 0 Å². The molecule has 0 aliphatic carbocycles. The van der Waals surface area contributed by atoms with Crippen molar-refractivity contribution in [3.63, 3.8) is 0 Å². The smallest absolute Gasteiger partial charge is 0.149 e. The van der Waals surface area contributed by atoms with E-state index < -0.39 is 17.5 Å². The molecule has 21 heavy (non-hydrogen) atoms.